The van der Waals surface area contributed by atoms with Crippen molar-refractivity contribution in [3.63, 3.8) is 0 Å². The topological polar surface area (TPSA) is 46.2 Å². The molecular weight excluding hydrogens is 330 g/mol. The minimum absolute atomic E-state index is 0.0293. The molecule has 7 heteroatoms. The van der Waals surface area contributed by atoms with Crippen LogP contribution in [0.1, 0.15) is 13.3 Å². The first-order valence-electron chi connectivity index (χ1n) is 4.72. The van der Waals surface area contributed by atoms with Crippen LogP contribution in [0.5, 0.6) is 0 Å². The van der Waals surface area contributed by atoms with Crippen molar-refractivity contribution in [2.24, 2.45) is 0 Å². The summed E-state index contributed by atoms with van der Waals surface area (Å²) in [7, 11) is -3.34. The van der Waals surface area contributed by atoms with E-state index in [4.69, 9.17) is 0 Å². The van der Waals surface area contributed by atoms with Crippen LogP contribution >= 0.6 is 39.0 Å². The van der Waals surface area contributed by atoms with E-state index in [1.54, 1.807) is 23.9 Å². The van der Waals surface area contributed by atoms with Gasteiger partial charge in [-0.1, -0.05) is 0 Å². The Labute approximate surface area is 113 Å². The zero-order chi connectivity index (χ0) is 12.2. The minimum Gasteiger partial charge on any atom is -0.208 e. The molecule has 0 fully saturated rings. The van der Waals surface area contributed by atoms with Gasteiger partial charge < -0.3 is 0 Å². The molecule has 0 aliphatic carbocycles. The van der Waals surface area contributed by atoms with Gasteiger partial charge in [-0.3, -0.25) is 0 Å². The lowest BCUT2D eigenvalue weighted by Gasteiger charge is -2.12. The molecule has 0 saturated carbocycles. The molecule has 0 saturated heterocycles. The van der Waals surface area contributed by atoms with E-state index in [0.29, 0.717) is 4.21 Å². The van der Waals surface area contributed by atoms with Gasteiger partial charge in [-0.2, -0.15) is 11.8 Å². The highest BCUT2D eigenvalue weighted by molar-refractivity contribution is 9.11. The standard InChI is InChI=1S/C9H14BrNO2S3/c1-7(5-6-14-2)11-16(12,13)9-4-3-8(10)15-9/h3-4,7,11H,5-6H2,1-2H3. The SMILES string of the molecule is CSCCC(C)NS(=O)(=O)c1ccc(Br)s1. The quantitative estimate of drug-likeness (QED) is 0.863. The first-order chi connectivity index (χ1) is 7.45. The maximum Gasteiger partial charge on any atom is 0.250 e. The summed E-state index contributed by atoms with van der Waals surface area (Å²) in [5.41, 5.74) is 0. The number of thioether (sulfide) groups is 1. The van der Waals surface area contributed by atoms with E-state index in [-0.39, 0.29) is 6.04 Å². The van der Waals surface area contributed by atoms with Crippen LogP contribution in [-0.4, -0.2) is 26.5 Å². The van der Waals surface area contributed by atoms with E-state index < -0.39 is 10.0 Å². The maximum absolute atomic E-state index is 11.9. The van der Waals surface area contributed by atoms with Crippen LogP contribution in [0.4, 0.5) is 0 Å². The Kier molecular flexibility index (Phi) is 5.79. The van der Waals surface area contributed by atoms with Crippen molar-refractivity contribution in [3.05, 3.63) is 15.9 Å². The van der Waals surface area contributed by atoms with Crippen LogP contribution in [0.2, 0.25) is 0 Å². The van der Waals surface area contributed by atoms with Gasteiger partial charge >= 0.3 is 0 Å². The third-order valence-corrected chi connectivity index (χ3v) is 6.27. The van der Waals surface area contributed by atoms with E-state index in [1.165, 1.54) is 11.3 Å². The molecular formula is C9H14BrNO2S3. The lowest BCUT2D eigenvalue weighted by Crippen LogP contribution is -2.32. The van der Waals surface area contributed by atoms with Crippen molar-refractivity contribution in [3.8, 4) is 0 Å². The zero-order valence-electron chi connectivity index (χ0n) is 9.07. The molecule has 92 valence electrons. The van der Waals surface area contributed by atoms with Gasteiger partial charge in [-0.05, 0) is 53.4 Å². The highest BCUT2D eigenvalue weighted by Gasteiger charge is 2.18. The molecule has 16 heavy (non-hydrogen) atoms. The number of rotatable bonds is 6. The third kappa shape index (κ3) is 4.37. The third-order valence-electron chi connectivity index (χ3n) is 1.92. The second-order valence-corrected chi connectivity index (χ2v) is 8.75. The predicted octanol–water partition coefficient (Wildman–Crippen LogP) is 2.93. The molecule has 0 spiro atoms. The monoisotopic (exact) mass is 343 g/mol. The van der Waals surface area contributed by atoms with E-state index in [9.17, 15) is 8.42 Å². The van der Waals surface area contributed by atoms with E-state index in [1.807, 2.05) is 13.2 Å². The number of thiophene rings is 1. The smallest absolute Gasteiger partial charge is 0.208 e. The highest BCUT2D eigenvalue weighted by Crippen LogP contribution is 2.26. The van der Waals surface area contributed by atoms with Crippen LogP contribution in [0.25, 0.3) is 0 Å². The summed E-state index contributed by atoms with van der Waals surface area (Å²) in [6.45, 7) is 1.89. The molecule has 1 unspecified atom stereocenters. The zero-order valence-corrected chi connectivity index (χ0v) is 13.1. The van der Waals surface area contributed by atoms with Crippen LogP contribution in [-0.2, 0) is 10.0 Å². The Morgan fingerprint density at radius 1 is 1.56 bits per heavy atom. The molecule has 0 aliphatic rings. The summed E-state index contributed by atoms with van der Waals surface area (Å²) in [6.07, 6.45) is 2.85. The molecule has 1 rings (SSSR count). The van der Waals surface area contributed by atoms with E-state index in [0.717, 1.165) is 16.0 Å². The Morgan fingerprint density at radius 3 is 2.75 bits per heavy atom. The first kappa shape index (κ1) is 14.5. The largest absolute Gasteiger partial charge is 0.250 e. The number of sulfonamides is 1. The fourth-order valence-corrected chi connectivity index (χ4v) is 5.01. The molecule has 1 aromatic rings. The van der Waals surface area contributed by atoms with Gasteiger partial charge in [-0.25, -0.2) is 13.1 Å². The first-order valence-corrected chi connectivity index (χ1v) is 9.21. The molecule has 1 aromatic heterocycles. The summed E-state index contributed by atoms with van der Waals surface area (Å²) >= 11 is 6.19. The maximum atomic E-state index is 11.9. The summed E-state index contributed by atoms with van der Waals surface area (Å²) in [5.74, 6) is 0.956. The lowest BCUT2D eigenvalue weighted by molar-refractivity contribution is 0.559. The second kappa shape index (κ2) is 6.39. The number of halogens is 1. The van der Waals surface area contributed by atoms with Crippen molar-refractivity contribution >= 4 is 49.1 Å². The van der Waals surface area contributed by atoms with Gasteiger partial charge in [0.1, 0.15) is 4.21 Å². The molecule has 3 nitrogen and oxygen atoms in total. The van der Waals surface area contributed by atoms with Crippen molar-refractivity contribution in [1.82, 2.24) is 4.72 Å². The normalized spacial score (nSPS) is 13.9. The molecule has 0 radical (unpaired) electrons. The number of hydrogen-bond donors (Lipinski definition) is 1. The molecule has 0 aliphatic heterocycles. The van der Waals surface area contributed by atoms with Crippen LogP contribution in [0.15, 0.2) is 20.1 Å². The number of hydrogen-bond acceptors (Lipinski definition) is 4. The molecule has 0 amide bonds. The number of nitrogens with one attached hydrogen (secondary N) is 1. The highest BCUT2D eigenvalue weighted by atomic mass is 79.9. The van der Waals surface area contributed by atoms with Gasteiger partial charge in [0.05, 0.1) is 3.79 Å². The molecule has 1 heterocycles. The van der Waals surface area contributed by atoms with E-state index in [2.05, 4.69) is 20.7 Å². The summed E-state index contributed by atoms with van der Waals surface area (Å²) in [5, 5.41) is 0. The Hall–Kier alpha value is 0.440. The molecule has 0 aromatic carbocycles. The second-order valence-electron chi connectivity index (χ2n) is 3.36. The Morgan fingerprint density at radius 2 is 2.25 bits per heavy atom. The summed E-state index contributed by atoms with van der Waals surface area (Å²) in [4.78, 5) is 0. The Bertz CT molecular complexity index is 430. The average molecular weight is 344 g/mol. The molecule has 1 atom stereocenters. The van der Waals surface area contributed by atoms with Crippen molar-refractivity contribution < 1.29 is 8.42 Å². The minimum atomic E-state index is -3.34. The summed E-state index contributed by atoms with van der Waals surface area (Å²) in [6, 6.07) is 3.32. The molecule has 0 bridgehead atoms. The summed E-state index contributed by atoms with van der Waals surface area (Å²) < 4.78 is 27.6. The Balaban J connectivity index is 2.65. The van der Waals surface area contributed by atoms with Gasteiger partial charge in [0.2, 0.25) is 10.0 Å². The fraction of sp³-hybridized carbons (Fsp3) is 0.556. The van der Waals surface area contributed by atoms with Gasteiger partial charge in [-0.15, -0.1) is 11.3 Å². The molecule has 1 N–H and O–H groups in total. The van der Waals surface area contributed by atoms with Crippen molar-refractivity contribution in [2.45, 2.75) is 23.6 Å². The van der Waals surface area contributed by atoms with Gasteiger partial charge in [0, 0.05) is 6.04 Å². The lowest BCUT2D eigenvalue weighted by atomic mass is 10.3. The van der Waals surface area contributed by atoms with Crippen molar-refractivity contribution in [1.29, 1.82) is 0 Å². The van der Waals surface area contributed by atoms with Crippen LogP contribution in [0, 0.1) is 0 Å². The van der Waals surface area contributed by atoms with Crippen LogP contribution < -0.4 is 4.72 Å². The van der Waals surface area contributed by atoms with Gasteiger partial charge in [0.25, 0.3) is 0 Å². The van der Waals surface area contributed by atoms with Crippen LogP contribution in [0.3, 0.4) is 0 Å². The fourth-order valence-electron chi connectivity index (χ4n) is 1.12. The van der Waals surface area contributed by atoms with Crippen molar-refractivity contribution in [2.75, 3.05) is 12.0 Å². The van der Waals surface area contributed by atoms with E-state index >= 15 is 0 Å². The average Bonchev–Trinajstić information content (AvgIpc) is 2.62. The predicted molar refractivity (Wildman–Crippen MR) is 74.8 cm³/mol. The van der Waals surface area contributed by atoms with Gasteiger partial charge in [0.15, 0.2) is 0 Å².